The van der Waals surface area contributed by atoms with Gasteiger partial charge in [-0.05, 0) is 31.6 Å². The molecule has 2 fully saturated rings. The van der Waals surface area contributed by atoms with Crippen molar-refractivity contribution in [3.05, 3.63) is 0 Å². The second kappa shape index (κ2) is 6.80. The molecule has 3 nitrogen and oxygen atoms in total. The van der Waals surface area contributed by atoms with Crippen LogP contribution in [0.3, 0.4) is 0 Å². The average molecular weight is 271 g/mol. The Labute approximate surface area is 114 Å². The normalized spacial score (nSPS) is 29.9. The minimum absolute atomic E-state index is 0.0988. The van der Waals surface area contributed by atoms with E-state index in [9.17, 15) is 4.79 Å². The highest BCUT2D eigenvalue weighted by atomic mass is 32.2. The summed E-state index contributed by atoms with van der Waals surface area (Å²) in [4.78, 5) is 11.7. The van der Waals surface area contributed by atoms with Crippen LogP contribution in [0.1, 0.15) is 45.4 Å². The second-order valence-corrected chi connectivity index (χ2v) is 7.08. The minimum atomic E-state index is -0.107. The van der Waals surface area contributed by atoms with Crippen molar-refractivity contribution in [3.8, 4) is 0 Å². The number of nitrogens with one attached hydrogen (secondary N) is 1. The molecule has 0 heterocycles. The van der Waals surface area contributed by atoms with Crippen molar-refractivity contribution in [3.63, 3.8) is 0 Å². The van der Waals surface area contributed by atoms with E-state index in [-0.39, 0.29) is 12.0 Å². The number of esters is 1. The summed E-state index contributed by atoms with van der Waals surface area (Å²) in [7, 11) is 1.48. The first-order valence-electron chi connectivity index (χ1n) is 7.14. The number of methoxy groups -OCH3 is 1. The minimum Gasteiger partial charge on any atom is -0.468 e. The smallest absolute Gasteiger partial charge is 0.323 e. The molecule has 2 saturated carbocycles. The van der Waals surface area contributed by atoms with E-state index in [0.717, 1.165) is 16.9 Å². The topological polar surface area (TPSA) is 38.3 Å². The number of thioether (sulfide) groups is 1. The molecule has 18 heavy (non-hydrogen) atoms. The highest BCUT2D eigenvalue weighted by Gasteiger charge is 2.30. The first-order valence-corrected chi connectivity index (χ1v) is 8.19. The molecule has 2 aliphatic carbocycles. The van der Waals surface area contributed by atoms with Crippen LogP contribution in [0.15, 0.2) is 0 Å². The Balaban J connectivity index is 1.75. The third-order valence-corrected chi connectivity index (χ3v) is 5.31. The van der Waals surface area contributed by atoms with Crippen LogP contribution in [0.25, 0.3) is 0 Å². The first kappa shape index (κ1) is 14.2. The highest BCUT2D eigenvalue weighted by Crippen LogP contribution is 2.32. The van der Waals surface area contributed by atoms with Gasteiger partial charge in [-0.25, -0.2) is 0 Å². The summed E-state index contributed by atoms with van der Waals surface area (Å²) in [5, 5.41) is 4.13. The highest BCUT2D eigenvalue weighted by molar-refractivity contribution is 7.99. The van der Waals surface area contributed by atoms with E-state index in [4.69, 9.17) is 4.74 Å². The monoisotopic (exact) mass is 271 g/mol. The van der Waals surface area contributed by atoms with Gasteiger partial charge >= 0.3 is 5.97 Å². The van der Waals surface area contributed by atoms with E-state index in [1.807, 2.05) is 11.8 Å². The van der Waals surface area contributed by atoms with Crippen LogP contribution in [0, 0.1) is 5.92 Å². The Morgan fingerprint density at radius 3 is 2.78 bits per heavy atom. The van der Waals surface area contributed by atoms with Gasteiger partial charge in [-0.15, -0.1) is 0 Å². The summed E-state index contributed by atoms with van der Waals surface area (Å²) in [5.41, 5.74) is 0. The van der Waals surface area contributed by atoms with Gasteiger partial charge < -0.3 is 10.1 Å². The molecule has 0 radical (unpaired) electrons. The molecule has 0 aromatic rings. The second-order valence-electron chi connectivity index (χ2n) is 5.74. The fourth-order valence-corrected chi connectivity index (χ4v) is 4.12. The van der Waals surface area contributed by atoms with Crippen molar-refractivity contribution in [2.24, 2.45) is 5.92 Å². The molecular formula is C14H25NO2S. The van der Waals surface area contributed by atoms with Crippen molar-refractivity contribution in [2.75, 3.05) is 12.9 Å². The van der Waals surface area contributed by atoms with Crippen LogP contribution in [-0.2, 0) is 9.53 Å². The molecular weight excluding hydrogens is 246 g/mol. The van der Waals surface area contributed by atoms with Crippen LogP contribution in [0.2, 0.25) is 0 Å². The Kier molecular flexibility index (Phi) is 5.37. The largest absolute Gasteiger partial charge is 0.468 e. The van der Waals surface area contributed by atoms with Gasteiger partial charge in [-0.1, -0.05) is 19.8 Å². The Hall–Kier alpha value is -0.220. The summed E-state index contributed by atoms with van der Waals surface area (Å²) in [5.74, 6) is 1.61. The first-order chi connectivity index (χ1) is 8.69. The van der Waals surface area contributed by atoms with Crippen LogP contribution >= 0.6 is 11.8 Å². The van der Waals surface area contributed by atoms with Gasteiger partial charge in [0.15, 0.2) is 0 Å². The van der Waals surface area contributed by atoms with Gasteiger partial charge in [0, 0.05) is 17.0 Å². The quantitative estimate of drug-likeness (QED) is 0.754. The van der Waals surface area contributed by atoms with Gasteiger partial charge in [0.25, 0.3) is 0 Å². The van der Waals surface area contributed by atoms with Gasteiger partial charge in [0.2, 0.25) is 0 Å². The zero-order chi connectivity index (χ0) is 13.0. The number of carbonyl (C=O) groups excluding carboxylic acids is 1. The predicted molar refractivity (Wildman–Crippen MR) is 75.8 cm³/mol. The maximum absolute atomic E-state index is 11.7. The molecule has 4 heteroatoms. The SMILES string of the molecule is COC(=O)C(CSC1CCCC(C)C1)NC1CC1. The Bertz CT molecular complexity index is 281. The molecule has 3 unspecified atom stereocenters. The lowest BCUT2D eigenvalue weighted by molar-refractivity contribution is -0.142. The lowest BCUT2D eigenvalue weighted by Gasteiger charge is -2.27. The Morgan fingerprint density at radius 1 is 1.39 bits per heavy atom. The standard InChI is InChI=1S/C14H25NO2S/c1-10-4-3-5-12(8-10)18-9-13(14(16)17-2)15-11-6-7-11/h10-13,15H,3-9H2,1-2H3. The number of carbonyl (C=O) groups is 1. The molecule has 0 bridgehead atoms. The fourth-order valence-electron chi connectivity index (χ4n) is 2.62. The van der Waals surface area contributed by atoms with Gasteiger partial charge in [-0.3, -0.25) is 4.79 Å². The molecule has 0 aromatic heterocycles. The third-order valence-electron chi connectivity index (χ3n) is 3.89. The molecule has 0 aliphatic heterocycles. The van der Waals surface area contributed by atoms with E-state index in [2.05, 4.69) is 12.2 Å². The molecule has 1 N–H and O–H groups in total. The van der Waals surface area contributed by atoms with Crippen molar-refractivity contribution in [2.45, 2.75) is 62.8 Å². The van der Waals surface area contributed by atoms with Gasteiger partial charge in [0.1, 0.15) is 6.04 Å². The predicted octanol–water partition coefficient (Wildman–Crippen LogP) is 2.59. The number of ether oxygens (including phenoxy) is 1. The zero-order valence-corrected chi connectivity index (χ0v) is 12.3. The van der Waals surface area contributed by atoms with Crippen molar-refractivity contribution < 1.29 is 9.53 Å². The molecule has 0 saturated heterocycles. The molecule has 3 atom stereocenters. The Morgan fingerprint density at radius 2 is 2.17 bits per heavy atom. The number of hydrogen-bond donors (Lipinski definition) is 1. The van der Waals surface area contributed by atoms with E-state index in [1.54, 1.807) is 0 Å². The van der Waals surface area contributed by atoms with E-state index in [0.29, 0.717) is 6.04 Å². The molecule has 0 aromatic carbocycles. The van der Waals surface area contributed by atoms with Crippen molar-refractivity contribution in [1.29, 1.82) is 0 Å². The average Bonchev–Trinajstić information content (AvgIpc) is 3.17. The van der Waals surface area contributed by atoms with Crippen molar-refractivity contribution >= 4 is 17.7 Å². The summed E-state index contributed by atoms with van der Waals surface area (Å²) in [6.45, 7) is 2.34. The van der Waals surface area contributed by atoms with Crippen LogP contribution in [0.4, 0.5) is 0 Å². The zero-order valence-electron chi connectivity index (χ0n) is 11.5. The van der Waals surface area contributed by atoms with Crippen LogP contribution < -0.4 is 5.32 Å². The van der Waals surface area contributed by atoms with Crippen LogP contribution in [0.5, 0.6) is 0 Å². The maximum Gasteiger partial charge on any atom is 0.323 e. The number of rotatable bonds is 6. The van der Waals surface area contributed by atoms with Gasteiger partial charge in [0.05, 0.1) is 7.11 Å². The summed E-state index contributed by atoms with van der Waals surface area (Å²) >= 11 is 1.96. The molecule has 0 amide bonds. The molecule has 0 spiro atoms. The van der Waals surface area contributed by atoms with E-state index < -0.39 is 0 Å². The van der Waals surface area contributed by atoms with Crippen LogP contribution in [-0.4, -0.2) is 36.2 Å². The summed E-state index contributed by atoms with van der Waals surface area (Å²) < 4.78 is 4.89. The molecule has 104 valence electrons. The fraction of sp³-hybridized carbons (Fsp3) is 0.929. The lowest BCUT2D eigenvalue weighted by Crippen LogP contribution is -2.41. The van der Waals surface area contributed by atoms with E-state index in [1.165, 1.54) is 45.6 Å². The summed E-state index contributed by atoms with van der Waals surface area (Å²) in [6, 6.07) is 0.449. The van der Waals surface area contributed by atoms with E-state index >= 15 is 0 Å². The lowest BCUT2D eigenvalue weighted by atomic mass is 9.91. The number of hydrogen-bond acceptors (Lipinski definition) is 4. The molecule has 2 aliphatic rings. The van der Waals surface area contributed by atoms with Crippen molar-refractivity contribution in [1.82, 2.24) is 5.32 Å². The maximum atomic E-state index is 11.7. The van der Waals surface area contributed by atoms with Gasteiger partial charge in [-0.2, -0.15) is 11.8 Å². The third kappa shape index (κ3) is 4.47. The molecule has 2 rings (SSSR count). The summed E-state index contributed by atoms with van der Waals surface area (Å²) in [6.07, 6.45) is 7.75.